The van der Waals surface area contributed by atoms with Crippen LogP contribution in [0.25, 0.3) is 22.3 Å². The van der Waals surface area contributed by atoms with Gasteiger partial charge in [-0.25, -0.2) is 0 Å². The molecule has 2 aliphatic carbocycles. The number of nitrogens with one attached hydrogen (secondary N) is 2. The summed E-state index contributed by atoms with van der Waals surface area (Å²) < 4.78 is 12.2. The average Bonchev–Trinajstić information content (AvgIpc) is 3.63. The van der Waals surface area contributed by atoms with Crippen LogP contribution in [0.15, 0.2) is 88.8 Å². The number of benzene rings is 4. The topological polar surface area (TPSA) is 158 Å². The average molecular weight is 993 g/mol. The van der Waals surface area contributed by atoms with Crippen LogP contribution in [0.3, 0.4) is 0 Å². The molecule has 6 N–H and O–H groups in total. The third-order valence-electron chi connectivity index (χ3n) is 13.7. The van der Waals surface area contributed by atoms with Crippen LogP contribution >= 0.6 is 39.1 Å². The number of aryl methyl sites for hydroxylation is 4. The lowest BCUT2D eigenvalue weighted by atomic mass is 9.74. The van der Waals surface area contributed by atoms with Crippen LogP contribution in [0.2, 0.25) is 10.0 Å². The van der Waals surface area contributed by atoms with Gasteiger partial charge in [-0.05, 0) is 179 Å². The molecule has 0 radical (unpaired) electrons. The van der Waals surface area contributed by atoms with Crippen molar-refractivity contribution in [2.45, 2.75) is 123 Å². The first-order valence-corrected chi connectivity index (χ1v) is 23.0. The fraction of sp³-hybridized carbons (Fsp3) is 0.412. The van der Waals surface area contributed by atoms with Crippen molar-refractivity contribution in [1.82, 2.24) is 10.6 Å². The lowest BCUT2D eigenvalue weighted by Crippen LogP contribution is -2.51. The minimum atomic E-state index is -1.41. The number of methoxy groups -OCH3 is 2. The van der Waals surface area contributed by atoms with Crippen molar-refractivity contribution in [3.05, 3.63) is 132 Å². The molecule has 0 atom stereocenters. The maximum absolute atomic E-state index is 13.0. The highest BCUT2D eigenvalue weighted by Gasteiger charge is 2.52. The second kappa shape index (κ2) is 20.4. The van der Waals surface area contributed by atoms with E-state index in [0.717, 1.165) is 74.7 Å². The van der Waals surface area contributed by atoms with Gasteiger partial charge >= 0.3 is 7.12 Å². The second-order valence-electron chi connectivity index (χ2n) is 18.2. The van der Waals surface area contributed by atoms with Crippen LogP contribution in [0.1, 0.15) is 106 Å². The number of amides is 2. The molecule has 65 heavy (non-hydrogen) atoms. The van der Waals surface area contributed by atoms with Crippen molar-refractivity contribution in [2.75, 3.05) is 14.2 Å². The quantitative estimate of drug-likeness (QED) is 0.104. The summed E-state index contributed by atoms with van der Waals surface area (Å²) in [4.78, 5) is 25.7. The van der Waals surface area contributed by atoms with Crippen molar-refractivity contribution in [3.63, 3.8) is 0 Å². The molecular weight excluding hydrogens is 930 g/mol. The van der Waals surface area contributed by atoms with E-state index in [2.05, 4.69) is 52.5 Å². The van der Waals surface area contributed by atoms with Gasteiger partial charge in [0.15, 0.2) is 0 Å². The summed E-state index contributed by atoms with van der Waals surface area (Å²) in [5.74, 6) is -0.00345. The van der Waals surface area contributed by atoms with Crippen LogP contribution in [0.5, 0.6) is 0 Å². The summed E-state index contributed by atoms with van der Waals surface area (Å²) in [6.45, 7) is 12.1. The van der Waals surface area contributed by atoms with Crippen molar-refractivity contribution >= 4 is 74.7 Å². The molecule has 0 aromatic heterocycles. The molecule has 2 heterocycles. The first-order valence-electron chi connectivity index (χ1n) is 21.5. The maximum Gasteiger partial charge on any atom is 0.488 e. The summed E-state index contributed by atoms with van der Waals surface area (Å²) in [5.41, 5.74) is 7.25. The molecule has 8 rings (SSSR count). The molecule has 348 valence electrons. The first kappa shape index (κ1) is 51.8. The normalized spacial score (nSPS) is 24.8. The zero-order chi connectivity index (χ0) is 46.9. The molecular formula is C51H62BBrCl2N2O8. The Bertz CT molecular complexity index is 2430. The fourth-order valence-electron chi connectivity index (χ4n) is 9.49. The standard InChI is InChI=1S/C25H28ClNO3.C19H24BrNO3.C6H6BClO2.CH4/c1-15-13-18(17-5-7-19(26)8-6-17)14-16(2)20(15)21-22(28)25(27-23(21)29)11-9-24(3,30-4)10-12-25;1-11-9-13(20)10-12(2)14(11)15-16(22)19(21-17(15)23)7-5-18(3,24-4)6-8-19;8-6-3-1-5(2-4-6)7(9)10;/h5-8,13-14,28H,9-12H2,1-4H3,(H,27,29);9-10,22H,5-8H2,1-4H3,(H,21,23);1-4,9-10H;1H4. The SMILES string of the molecule is C.COC1(C)CCC2(CC1)NC(=O)C(c1c(C)cc(-c3ccc(Cl)cc3)cc1C)=C2O.COC1(C)CCC2(CC1)NC(=O)C(c1c(C)cc(Br)cc1C)=C2O.OB(O)c1ccc(Cl)cc1. The van der Waals surface area contributed by atoms with Crippen molar-refractivity contribution in [3.8, 4) is 11.1 Å². The smallest absolute Gasteiger partial charge is 0.488 e. The van der Waals surface area contributed by atoms with Gasteiger partial charge in [0.25, 0.3) is 11.8 Å². The third-order valence-corrected chi connectivity index (χ3v) is 14.7. The van der Waals surface area contributed by atoms with Gasteiger partial charge in [0.2, 0.25) is 0 Å². The Balaban J connectivity index is 0.000000202. The lowest BCUT2D eigenvalue weighted by molar-refractivity contribution is -0.118. The summed E-state index contributed by atoms with van der Waals surface area (Å²) in [5, 5.41) is 46.9. The Morgan fingerprint density at radius 2 is 0.923 bits per heavy atom. The predicted molar refractivity (Wildman–Crippen MR) is 267 cm³/mol. The molecule has 4 aromatic carbocycles. The van der Waals surface area contributed by atoms with Crippen LogP contribution in [-0.4, -0.2) is 75.7 Å². The van der Waals surface area contributed by atoms with E-state index in [1.54, 1.807) is 38.5 Å². The molecule has 14 heteroatoms. The van der Waals surface area contributed by atoms with Gasteiger partial charge in [-0.1, -0.05) is 83.0 Å². The number of rotatable bonds is 6. The highest BCUT2D eigenvalue weighted by Crippen LogP contribution is 2.48. The first-order chi connectivity index (χ1) is 30.1. The van der Waals surface area contributed by atoms with Gasteiger partial charge in [0, 0.05) is 28.7 Å². The largest absolute Gasteiger partial charge is 0.509 e. The molecule has 2 amide bonds. The Labute approximate surface area is 402 Å². The van der Waals surface area contributed by atoms with Crippen LogP contribution in [0, 0.1) is 27.7 Å². The van der Waals surface area contributed by atoms with E-state index in [9.17, 15) is 19.8 Å². The summed E-state index contributed by atoms with van der Waals surface area (Å²) in [6, 6.07) is 22.1. The van der Waals surface area contributed by atoms with Crippen LogP contribution < -0.4 is 16.1 Å². The zero-order valence-electron chi connectivity index (χ0n) is 37.7. The lowest BCUT2D eigenvalue weighted by Gasteiger charge is -2.42. The molecule has 0 bridgehead atoms. The number of hydrogen-bond donors (Lipinski definition) is 6. The van der Waals surface area contributed by atoms with Gasteiger partial charge < -0.3 is 40.4 Å². The molecule has 2 aliphatic heterocycles. The number of ether oxygens (including phenoxy) is 2. The van der Waals surface area contributed by atoms with E-state index in [0.29, 0.717) is 52.3 Å². The maximum atomic E-state index is 13.0. The van der Waals surface area contributed by atoms with Gasteiger partial charge in [-0.2, -0.15) is 0 Å². The molecule has 10 nitrogen and oxygen atoms in total. The Morgan fingerprint density at radius 1 is 0.585 bits per heavy atom. The highest BCUT2D eigenvalue weighted by atomic mass is 79.9. The van der Waals surface area contributed by atoms with Crippen molar-refractivity contribution < 1.29 is 39.3 Å². The summed E-state index contributed by atoms with van der Waals surface area (Å²) in [7, 11) is 2.04. The monoisotopic (exact) mass is 990 g/mol. The third kappa shape index (κ3) is 10.9. The number of carbonyl (C=O) groups excluding carboxylic acids is 2. The van der Waals surface area contributed by atoms with Crippen LogP contribution in [-0.2, 0) is 19.1 Å². The molecule has 0 saturated heterocycles. The van der Waals surface area contributed by atoms with E-state index in [1.807, 2.05) is 64.1 Å². The van der Waals surface area contributed by atoms with Crippen molar-refractivity contribution in [2.24, 2.45) is 0 Å². The van der Waals surface area contributed by atoms with E-state index >= 15 is 0 Å². The molecule has 4 aliphatic rings. The van der Waals surface area contributed by atoms with E-state index in [1.165, 1.54) is 0 Å². The minimum Gasteiger partial charge on any atom is -0.509 e. The minimum absolute atomic E-state index is 0. The molecule has 2 fully saturated rings. The number of halogens is 3. The molecule has 0 unspecified atom stereocenters. The number of aliphatic hydroxyl groups excluding tert-OH is 2. The fourth-order valence-corrected chi connectivity index (χ4v) is 10.4. The van der Waals surface area contributed by atoms with Crippen molar-refractivity contribution in [1.29, 1.82) is 0 Å². The van der Waals surface area contributed by atoms with E-state index in [4.69, 9.17) is 42.7 Å². The second-order valence-corrected chi connectivity index (χ2v) is 19.9. The highest BCUT2D eigenvalue weighted by molar-refractivity contribution is 9.10. The molecule has 2 spiro atoms. The van der Waals surface area contributed by atoms with Gasteiger partial charge in [0.05, 0.1) is 33.4 Å². The van der Waals surface area contributed by atoms with Gasteiger partial charge in [-0.15, -0.1) is 0 Å². The van der Waals surface area contributed by atoms with Gasteiger partial charge in [-0.3, -0.25) is 9.59 Å². The van der Waals surface area contributed by atoms with E-state index < -0.39 is 18.2 Å². The van der Waals surface area contributed by atoms with Crippen LogP contribution in [0.4, 0.5) is 0 Å². The Morgan fingerprint density at radius 3 is 1.26 bits per heavy atom. The van der Waals surface area contributed by atoms with Gasteiger partial charge in [0.1, 0.15) is 11.5 Å². The predicted octanol–water partition coefficient (Wildman–Crippen LogP) is 10.6. The zero-order valence-corrected chi connectivity index (χ0v) is 40.8. The molecule has 2 saturated carbocycles. The molecule has 4 aromatic rings. The number of carbonyl (C=O) groups is 2. The number of hydrogen-bond acceptors (Lipinski definition) is 8. The summed E-state index contributed by atoms with van der Waals surface area (Å²) >= 11 is 15.1. The summed E-state index contributed by atoms with van der Waals surface area (Å²) in [6.07, 6.45) is 5.89. The van der Waals surface area contributed by atoms with E-state index in [-0.39, 0.29) is 42.0 Å². The number of aliphatic hydroxyl groups is 2. The Hall–Kier alpha value is -4.14. The Kier molecular flexibility index (Phi) is 16.3.